The van der Waals surface area contributed by atoms with E-state index in [0.717, 1.165) is 10.6 Å². The molecule has 0 spiro atoms. The monoisotopic (exact) mass is 246 g/mol. The number of benzene rings is 1. The van der Waals surface area contributed by atoms with Crippen LogP contribution in [0.25, 0.3) is 0 Å². The maximum Gasteiger partial charge on any atom is 0.147 e. The van der Waals surface area contributed by atoms with Crippen LogP contribution in [-0.4, -0.2) is 31.3 Å². The van der Waals surface area contributed by atoms with Crippen molar-refractivity contribution in [3.05, 3.63) is 24.3 Å². The van der Waals surface area contributed by atoms with Crippen molar-refractivity contribution in [1.29, 1.82) is 0 Å². The predicted molar refractivity (Wildman–Crippen MR) is 63.2 cm³/mol. The molecular formula is C10H14O3S2. The Bertz CT molecular complexity index is 412. The van der Waals surface area contributed by atoms with E-state index in [1.54, 1.807) is 30.0 Å². The van der Waals surface area contributed by atoms with E-state index >= 15 is 0 Å². The van der Waals surface area contributed by atoms with E-state index in [1.807, 2.05) is 6.07 Å². The van der Waals surface area contributed by atoms with Gasteiger partial charge in [-0.15, -0.1) is 11.8 Å². The highest BCUT2D eigenvalue weighted by Crippen LogP contribution is 2.22. The minimum atomic E-state index is -2.85. The van der Waals surface area contributed by atoms with Crippen molar-refractivity contribution in [2.75, 3.05) is 17.8 Å². The van der Waals surface area contributed by atoms with Gasteiger partial charge in [0.15, 0.2) is 0 Å². The summed E-state index contributed by atoms with van der Waals surface area (Å²) < 4.78 is 21.7. The first kappa shape index (κ1) is 12.4. The van der Waals surface area contributed by atoms with E-state index in [2.05, 4.69) is 0 Å². The van der Waals surface area contributed by atoms with Gasteiger partial charge in [-0.3, -0.25) is 0 Å². The second-order valence-electron chi connectivity index (χ2n) is 3.33. The largest absolute Gasteiger partial charge is 0.508 e. The maximum absolute atomic E-state index is 10.8. The predicted octanol–water partition coefficient (Wildman–Crippen LogP) is 1.92. The smallest absolute Gasteiger partial charge is 0.147 e. The minimum absolute atomic E-state index is 0.221. The van der Waals surface area contributed by atoms with Crippen molar-refractivity contribution < 1.29 is 13.5 Å². The molecule has 1 N–H and O–H groups in total. The molecule has 0 aliphatic heterocycles. The number of phenols is 1. The number of hydrogen-bond donors (Lipinski definition) is 1. The summed E-state index contributed by atoms with van der Waals surface area (Å²) in [6, 6.07) is 6.95. The van der Waals surface area contributed by atoms with Gasteiger partial charge in [-0.1, -0.05) is 6.07 Å². The zero-order valence-corrected chi connectivity index (χ0v) is 10.1. The highest BCUT2D eigenvalue weighted by atomic mass is 32.2. The molecule has 0 bridgehead atoms. The van der Waals surface area contributed by atoms with Gasteiger partial charge in [0.2, 0.25) is 0 Å². The molecule has 0 aliphatic carbocycles. The fourth-order valence-electron chi connectivity index (χ4n) is 1.08. The van der Waals surface area contributed by atoms with Crippen LogP contribution in [0, 0.1) is 0 Å². The maximum atomic E-state index is 10.8. The van der Waals surface area contributed by atoms with Gasteiger partial charge in [-0.05, 0) is 30.4 Å². The summed E-state index contributed by atoms with van der Waals surface area (Å²) in [5, 5.41) is 9.19. The topological polar surface area (TPSA) is 54.4 Å². The lowest BCUT2D eigenvalue weighted by atomic mass is 10.3. The second kappa shape index (κ2) is 5.42. The van der Waals surface area contributed by atoms with Crippen LogP contribution in [0.2, 0.25) is 0 Å². The van der Waals surface area contributed by atoms with Crippen molar-refractivity contribution in [1.82, 2.24) is 0 Å². The molecule has 1 rings (SSSR count). The molecule has 0 radical (unpaired) electrons. The molecule has 0 amide bonds. The SMILES string of the molecule is CS(=O)(=O)CCCSc1cccc(O)c1. The van der Waals surface area contributed by atoms with E-state index in [0.29, 0.717) is 6.42 Å². The van der Waals surface area contributed by atoms with Gasteiger partial charge in [0.1, 0.15) is 15.6 Å². The fourth-order valence-corrected chi connectivity index (χ4v) is 2.84. The summed E-state index contributed by atoms with van der Waals surface area (Å²) >= 11 is 1.55. The van der Waals surface area contributed by atoms with E-state index in [4.69, 9.17) is 0 Å². The molecule has 5 heteroatoms. The van der Waals surface area contributed by atoms with Crippen LogP contribution in [0.1, 0.15) is 6.42 Å². The lowest BCUT2D eigenvalue weighted by Crippen LogP contribution is -2.03. The first-order chi connectivity index (χ1) is 6.97. The van der Waals surface area contributed by atoms with Gasteiger partial charge in [-0.2, -0.15) is 0 Å². The molecule has 1 aromatic rings. The summed E-state index contributed by atoms with van der Waals surface area (Å²) in [6.45, 7) is 0. The van der Waals surface area contributed by atoms with Crippen molar-refractivity contribution in [2.24, 2.45) is 0 Å². The van der Waals surface area contributed by atoms with Crippen LogP contribution in [-0.2, 0) is 9.84 Å². The van der Waals surface area contributed by atoms with E-state index in [-0.39, 0.29) is 11.5 Å². The Morgan fingerprint density at radius 3 is 2.73 bits per heavy atom. The molecule has 0 aliphatic rings. The summed E-state index contributed by atoms with van der Waals surface area (Å²) in [5.74, 6) is 1.21. The third-order valence-electron chi connectivity index (χ3n) is 1.75. The molecule has 0 saturated carbocycles. The van der Waals surface area contributed by atoms with Crippen molar-refractivity contribution in [3.63, 3.8) is 0 Å². The van der Waals surface area contributed by atoms with Crippen LogP contribution >= 0.6 is 11.8 Å². The molecule has 1 aromatic carbocycles. The van der Waals surface area contributed by atoms with E-state index < -0.39 is 9.84 Å². The quantitative estimate of drug-likeness (QED) is 0.637. The molecule has 0 unspecified atom stereocenters. The lowest BCUT2D eigenvalue weighted by Gasteiger charge is -2.01. The number of phenolic OH excluding ortho intramolecular Hbond substituents is 1. The molecule has 15 heavy (non-hydrogen) atoms. The Morgan fingerprint density at radius 1 is 1.40 bits per heavy atom. The molecule has 0 heterocycles. The van der Waals surface area contributed by atoms with Gasteiger partial charge < -0.3 is 5.11 Å². The molecule has 0 atom stereocenters. The van der Waals surface area contributed by atoms with Crippen LogP contribution in [0.3, 0.4) is 0 Å². The van der Waals surface area contributed by atoms with Gasteiger partial charge >= 0.3 is 0 Å². The van der Waals surface area contributed by atoms with Gasteiger partial charge in [-0.25, -0.2) is 8.42 Å². The Morgan fingerprint density at radius 2 is 2.13 bits per heavy atom. The lowest BCUT2D eigenvalue weighted by molar-refractivity contribution is 0.474. The molecule has 84 valence electrons. The molecule has 0 fully saturated rings. The summed E-state index contributed by atoms with van der Waals surface area (Å²) in [6.07, 6.45) is 1.88. The summed E-state index contributed by atoms with van der Waals surface area (Å²) in [5.41, 5.74) is 0. The zero-order chi connectivity index (χ0) is 11.3. The average molecular weight is 246 g/mol. The third kappa shape index (κ3) is 5.69. The van der Waals surface area contributed by atoms with Gasteiger partial charge in [0, 0.05) is 11.2 Å². The van der Waals surface area contributed by atoms with Crippen molar-refractivity contribution >= 4 is 21.6 Å². The summed E-state index contributed by atoms with van der Waals surface area (Å²) in [4.78, 5) is 0.962. The number of sulfone groups is 1. The standard InChI is InChI=1S/C10H14O3S2/c1-15(12,13)7-3-6-14-10-5-2-4-9(11)8-10/h2,4-5,8,11H,3,6-7H2,1H3. The zero-order valence-electron chi connectivity index (χ0n) is 8.51. The third-order valence-corrected chi connectivity index (χ3v) is 3.86. The summed E-state index contributed by atoms with van der Waals surface area (Å²) in [7, 11) is -2.85. The number of thioether (sulfide) groups is 1. The highest BCUT2D eigenvalue weighted by Gasteiger charge is 2.02. The van der Waals surface area contributed by atoms with Crippen LogP contribution in [0.4, 0.5) is 0 Å². The fraction of sp³-hybridized carbons (Fsp3) is 0.400. The Kier molecular flexibility index (Phi) is 4.47. The first-order valence-corrected chi connectivity index (χ1v) is 7.61. The molecule has 0 aromatic heterocycles. The normalized spacial score (nSPS) is 11.5. The van der Waals surface area contributed by atoms with Gasteiger partial charge in [0.25, 0.3) is 0 Å². The van der Waals surface area contributed by atoms with E-state index in [9.17, 15) is 13.5 Å². The Balaban J connectivity index is 2.32. The molecule has 0 saturated heterocycles. The first-order valence-electron chi connectivity index (χ1n) is 4.57. The van der Waals surface area contributed by atoms with Gasteiger partial charge in [0.05, 0.1) is 5.75 Å². The number of rotatable bonds is 5. The van der Waals surface area contributed by atoms with Crippen molar-refractivity contribution in [3.8, 4) is 5.75 Å². The molecule has 3 nitrogen and oxygen atoms in total. The van der Waals surface area contributed by atoms with E-state index in [1.165, 1.54) is 6.26 Å². The number of hydrogen-bond acceptors (Lipinski definition) is 4. The minimum Gasteiger partial charge on any atom is -0.508 e. The van der Waals surface area contributed by atoms with Crippen LogP contribution < -0.4 is 0 Å². The number of aromatic hydroxyl groups is 1. The van der Waals surface area contributed by atoms with Crippen molar-refractivity contribution in [2.45, 2.75) is 11.3 Å². The second-order valence-corrected chi connectivity index (χ2v) is 6.76. The van der Waals surface area contributed by atoms with Crippen LogP contribution in [0.5, 0.6) is 5.75 Å². The highest BCUT2D eigenvalue weighted by molar-refractivity contribution is 7.99. The Labute approximate surface area is 94.4 Å². The average Bonchev–Trinajstić information content (AvgIpc) is 2.11. The molecular weight excluding hydrogens is 232 g/mol. The Hall–Kier alpha value is -0.680. The van der Waals surface area contributed by atoms with Crippen LogP contribution in [0.15, 0.2) is 29.2 Å².